The van der Waals surface area contributed by atoms with Crippen LogP contribution < -0.4 is 10.1 Å². The molecule has 1 amide bonds. The Kier molecular flexibility index (Phi) is 5.53. The van der Waals surface area contributed by atoms with Crippen molar-refractivity contribution in [2.24, 2.45) is 0 Å². The lowest BCUT2D eigenvalue weighted by Crippen LogP contribution is -2.11. The minimum Gasteiger partial charge on any atom is -0.487 e. The van der Waals surface area contributed by atoms with E-state index in [1.807, 2.05) is 66.4 Å². The van der Waals surface area contributed by atoms with E-state index in [0.717, 1.165) is 21.9 Å². The van der Waals surface area contributed by atoms with Gasteiger partial charge in [-0.3, -0.25) is 4.79 Å². The van der Waals surface area contributed by atoms with Crippen molar-refractivity contribution in [1.29, 1.82) is 0 Å². The third kappa shape index (κ3) is 4.60. The summed E-state index contributed by atoms with van der Waals surface area (Å²) in [4.78, 5) is 18.1. The summed E-state index contributed by atoms with van der Waals surface area (Å²) >= 11 is 1.64. The van der Waals surface area contributed by atoms with Gasteiger partial charge in [-0.2, -0.15) is 0 Å². The molecule has 6 heteroatoms. The van der Waals surface area contributed by atoms with Crippen molar-refractivity contribution in [3.8, 4) is 5.75 Å². The van der Waals surface area contributed by atoms with E-state index in [1.54, 1.807) is 36.0 Å². The van der Waals surface area contributed by atoms with E-state index in [2.05, 4.69) is 10.3 Å². The zero-order valence-electron chi connectivity index (χ0n) is 16.3. The van der Waals surface area contributed by atoms with Crippen molar-refractivity contribution >= 4 is 29.0 Å². The van der Waals surface area contributed by atoms with Gasteiger partial charge in [-0.25, -0.2) is 4.98 Å². The maximum atomic E-state index is 12.5. The molecular weight excluding hydrogens is 382 g/mol. The Morgan fingerprint density at radius 3 is 2.72 bits per heavy atom. The minimum absolute atomic E-state index is 0.148. The van der Waals surface area contributed by atoms with Gasteiger partial charge in [0.15, 0.2) is 0 Å². The molecule has 4 rings (SSSR count). The largest absolute Gasteiger partial charge is 0.487 e. The van der Waals surface area contributed by atoms with Crippen LogP contribution in [-0.2, 0) is 6.61 Å². The lowest BCUT2D eigenvalue weighted by Gasteiger charge is -2.08. The number of anilines is 1. The van der Waals surface area contributed by atoms with Crippen LogP contribution in [0.4, 0.5) is 5.69 Å². The quantitative estimate of drug-likeness (QED) is 0.450. The molecule has 0 radical (unpaired) electrons. The Labute approximate surface area is 173 Å². The molecule has 0 aliphatic carbocycles. The third-order valence-electron chi connectivity index (χ3n) is 4.48. The highest BCUT2D eigenvalue weighted by atomic mass is 32.2. The van der Waals surface area contributed by atoms with Crippen LogP contribution in [0, 0.1) is 6.92 Å². The Morgan fingerprint density at radius 2 is 1.93 bits per heavy atom. The second-order valence-electron chi connectivity index (χ2n) is 6.70. The van der Waals surface area contributed by atoms with Crippen molar-refractivity contribution in [3.05, 3.63) is 89.9 Å². The van der Waals surface area contributed by atoms with Gasteiger partial charge in [0.05, 0.1) is 5.69 Å². The summed E-state index contributed by atoms with van der Waals surface area (Å²) in [6, 6.07) is 18.9. The van der Waals surface area contributed by atoms with Crippen molar-refractivity contribution in [3.63, 3.8) is 0 Å². The Hall–Kier alpha value is -3.25. The lowest BCUT2D eigenvalue weighted by atomic mass is 10.2. The fraction of sp³-hybridized carbons (Fsp3) is 0.130. The van der Waals surface area contributed by atoms with E-state index in [0.29, 0.717) is 17.9 Å². The molecule has 0 bridgehead atoms. The fourth-order valence-electron chi connectivity index (χ4n) is 2.99. The number of aryl methyl sites for hydroxylation is 1. The summed E-state index contributed by atoms with van der Waals surface area (Å²) in [6.45, 7) is 2.42. The van der Waals surface area contributed by atoms with Crippen LogP contribution >= 0.6 is 11.8 Å². The van der Waals surface area contributed by atoms with E-state index in [4.69, 9.17) is 4.74 Å². The molecular formula is C23H21N3O2S. The van der Waals surface area contributed by atoms with E-state index in [1.165, 1.54) is 5.56 Å². The number of rotatable bonds is 6. The van der Waals surface area contributed by atoms with Crippen LogP contribution in [0.1, 0.15) is 21.6 Å². The standard InChI is InChI=1S/C23H21N3O2S/c1-16-6-11-22-24-19(14-26(22)13-16)15-28-20-9-7-17(8-10-20)23(27)25-18-4-3-5-21(12-18)29-2/h3-14H,15H2,1-2H3,(H,25,27). The minimum atomic E-state index is -0.148. The first-order valence-electron chi connectivity index (χ1n) is 9.23. The summed E-state index contributed by atoms with van der Waals surface area (Å²) in [5.74, 6) is 0.546. The summed E-state index contributed by atoms with van der Waals surface area (Å²) in [5, 5.41) is 2.92. The number of carbonyl (C=O) groups excluding carboxylic acids is 1. The van der Waals surface area contributed by atoms with Gasteiger partial charge < -0.3 is 14.5 Å². The molecule has 2 aromatic heterocycles. The van der Waals surface area contributed by atoms with Crippen LogP contribution in [0.5, 0.6) is 5.75 Å². The molecule has 1 N–H and O–H groups in total. The van der Waals surface area contributed by atoms with Crippen LogP contribution in [-0.4, -0.2) is 21.5 Å². The van der Waals surface area contributed by atoms with Crippen LogP contribution in [0.15, 0.2) is 78.0 Å². The zero-order chi connectivity index (χ0) is 20.2. The molecule has 0 atom stereocenters. The van der Waals surface area contributed by atoms with Crippen LogP contribution in [0.25, 0.3) is 5.65 Å². The summed E-state index contributed by atoms with van der Waals surface area (Å²) < 4.78 is 7.82. The van der Waals surface area contributed by atoms with Gasteiger partial charge in [0.1, 0.15) is 18.0 Å². The number of imidazole rings is 1. The lowest BCUT2D eigenvalue weighted by molar-refractivity contribution is 0.102. The molecule has 0 saturated heterocycles. The van der Waals surface area contributed by atoms with Crippen molar-refractivity contribution < 1.29 is 9.53 Å². The van der Waals surface area contributed by atoms with E-state index < -0.39 is 0 Å². The number of ether oxygens (including phenoxy) is 1. The number of hydrogen-bond acceptors (Lipinski definition) is 4. The number of benzene rings is 2. The van der Waals surface area contributed by atoms with E-state index in [9.17, 15) is 4.79 Å². The number of amides is 1. The molecule has 4 aromatic rings. The van der Waals surface area contributed by atoms with Gasteiger partial charge in [-0.1, -0.05) is 12.1 Å². The number of thioether (sulfide) groups is 1. The number of nitrogens with zero attached hydrogens (tertiary/aromatic N) is 2. The first-order valence-corrected chi connectivity index (χ1v) is 10.5. The number of carbonyl (C=O) groups is 1. The number of aromatic nitrogens is 2. The van der Waals surface area contributed by atoms with Crippen molar-refractivity contribution in [2.75, 3.05) is 11.6 Å². The van der Waals surface area contributed by atoms with E-state index >= 15 is 0 Å². The summed E-state index contributed by atoms with van der Waals surface area (Å²) in [7, 11) is 0. The Morgan fingerprint density at radius 1 is 1.10 bits per heavy atom. The SMILES string of the molecule is CSc1cccc(NC(=O)c2ccc(OCc3cn4cc(C)ccc4n3)cc2)c1. The molecule has 5 nitrogen and oxygen atoms in total. The second-order valence-corrected chi connectivity index (χ2v) is 7.58. The molecule has 0 unspecified atom stereocenters. The number of hydrogen-bond donors (Lipinski definition) is 1. The summed E-state index contributed by atoms with van der Waals surface area (Å²) in [6.07, 6.45) is 6.01. The van der Waals surface area contributed by atoms with Gasteiger partial charge in [-0.05, 0) is 67.3 Å². The second kappa shape index (κ2) is 8.41. The highest BCUT2D eigenvalue weighted by Gasteiger charge is 2.08. The van der Waals surface area contributed by atoms with Gasteiger partial charge in [0.2, 0.25) is 0 Å². The summed E-state index contributed by atoms with van der Waals surface area (Å²) in [5.41, 5.74) is 4.29. The molecule has 0 spiro atoms. The van der Waals surface area contributed by atoms with Crippen LogP contribution in [0.3, 0.4) is 0 Å². The normalized spacial score (nSPS) is 10.8. The smallest absolute Gasteiger partial charge is 0.255 e. The maximum absolute atomic E-state index is 12.5. The number of nitrogens with one attached hydrogen (secondary N) is 1. The van der Waals surface area contributed by atoms with Gasteiger partial charge in [-0.15, -0.1) is 11.8 Å². The predicted molar refractivity (Wildman–Crippen MR) is 117 cm³/mol. The van der Waals surface area contributed by atoms with Gasteiger partial charge in [0.25, 0.3) is 5.91 Å². The predicted octanol–water partition coefficient (Wildman–Crippen LogP) is 5.20. The Bertz CT molecular complexity index is 1150. The molecule has 146 valence electrons. The molecule has 0 aliphatic heterocycles. The van der Waals surface area contributed by atoms with Crippen LogP contribution in [0.2, 0.25) is 0 Å². The molecule has 29 heavy (non-hydrogen) atoms. The zero-order valence-corrected chi connectivity index (χ0v) is 17.1. The fourth-order valence-corrected chi connectivity index (χ4v) is 3.45. The van der Waals surface area contributed by atoms with Gasteiger partial charge >= 0.3 is 0 Å². The molecule has 0 fully saturated rings. The number of fused-ring (bicyclic) bond motifs is 1. The monoisotopic (exact) mass is 403 g/mol. The molecule has 0 saturated carbocycles. The first-order chi connectivity index (χ1) is 14.1. The first kappa shape index (κ1) is 19.1. The van der Waals surface area contributed by atoms with Crippen molar-refractivity contribution in [1.82, 2.24) is 9.38 Å². The molecule has 0 aliphatic rings. The maximum Gasteiger partial charge on any atom is 0.255 e. The van der Waals surface area contributed by atoms with Crippen molar-refractivity contribution in [2.45, 2.75) is 18.4 Å². The third-order valence-corrected chi connectivity index (χ3v) is 5.20. The average Bonchev–Trinajstić information content (AvgIpc) is 3.14. The van der Waals surface area contributed by atoms with E-state index in [-0.39, 0.29) is 5.91 Å². The average molecular weight is 404 g/mol. The Balaban J connectivity index is 1.38. The topological polar surface area (TPSA) is 55.6 Å². The number of pyridine rings is 1. The highest BCUT2D eigenvalue weighted by Crippen LogP contribution is 2.20. The molecule has 2 aromatic carbocycles. The molecule has 2 heterocycles. The highest BCUT2D eigenvalue weighted by molar-refractivity contribution is 7.98. The van der Waals surface area contributed by atoms with Gasteiger partial charge in [0, 0.05) is 28.5 Å².